The van der Waals surface area contributed by atoms with Crippen LogP contribution in [0.1, 0.15) is 76.6 Å². The van der Waals surface area contributed by atoms with Crippen LogP contribution in [0.5, 0.6) is 5.88 Å². The van der Waals surface area contributed by atoms with Gasteiger partial charge in [-0.25, -0.2) is 0 Å². The van der Waals surface area contributed by atoms with Crippen LogP contribution in [0.15, 0.2) is 0 Å². The molecular weight excluding hydrogens is 262 g/mol. The molecule has 0 aromatic carbocycles. The van der Waals surface area contributed by atoms with Crippen LogP contribution in [0.25, 0.3) is 0 Å². The van der Waals surface area contributed by atoms with Gasteiger partial charge in [0, 0.05) is 0 Å². The van der Waals surface area contributed by atoms with Gasteiger partial charge in [-0.2, -0.15) is 10.4 Å². The molecule has 21 heavy (non-hydrogen) atoms. The molecule has 0 aliphatic heterocycles. The molecule has 0 bridgehead atoms. The molecule has 0 amide bonds. The Morgan fingerprint density at radius 2 is 1.86 bits per heavy atom. The van der Waals surface area contributed by atoms with E-state index in [4.69, 9.17) is 4.74 Å². The van der Waals surface area contributed by atoms with Crippen molar-refractivity contribution in [2.24, 2.45) is 0 Å². The highest BCUT2D eigenvalue weighted by atomic mass is 16.5. The van der Waals surface area contributed by atoms with Crippen molar-refractivity contribution in [3.8, 4) is 11.9 Å². The molecule has 0 spiro atoms. The highest BCUT2D eigenvalue weighted by Crippen LogP contribution is 2.23. The summed E-state index contributed by atoms with van der Waals surface area (Å²) in [4.78, 5) is 0. The molecular formula is C17H27N3O. The van der Waals surface area contributed by atoms with Crippen molar-refractivity contribution in [1.82, 2.24) is 10.2 Å². The molecule has 4 heteroatoms. The summed E-state index contributed by atoms with van der Waals surface area (Å²) in [7, 11) is 0. The number of nitriles is 1. The molecule has 0 aliphatic carbocycles. The summed E-state index contributed by atoms with van der Waals surface area (Å²) < 4.78 is 5.86. The molecule has 0 fully saturated rings. The lowest BCUT2D eigenvalue weighted by Crippen LogP contribution is -2.15. The summed E-state index contributed by atoms with van der Waals surface area (Å²) >= 11 is 0. The number of unbranched alkanes of at least 4 members (excludes halogenated alkanes) is 3. The zero-order valence-electron chi connectivity index (χ0n) is 13.8. The van der Waals surface area contributed by atoms with Crippen LogP contribution in [-0.2, 0) is 12.8 Å². The van der Waals surface area contributed by atoms with Gasteiger partial charge in [-0.05, 0) is 38.2 Å². The molecule has 1 aromatic rings. The third-order valence-electron chi connectivity index (χ3n) is 3.70. The third-order valence-corrected chi connectivity index (χ3v) is 3.70. The van der Waals surface area contributed by atoms with Gasteiger partial charge >= 0.3 is 0 Å². The van der Waals surface area contributed by atoms with E-state index in [1.165, 1.54) is 19.3 Å². The number of ether oxygens (including phenoxy) is 1. The molecule has 0 aliphatic rings. The van der Waals surface area contributed by atoms with E-state index in [0.717, 1.165) is 36.9 Å². The Bertz CT molecular complexity index is 480. The number of aromatic nitrogens is 2. The zero-order chi connectivity index (χ0) is 15.7. The fraction of sp³-hybridized carbons (Fsp3) is 0.706. The second kappa shape index (κ2) is 9.33. The summed E-state index contributed by atoms with van der Waals surface area (Å²) in [5.74, 6) is 0.398. The molecule has 1 heterocycles. The van der Waals surface area contributed by atoms with E-state index in [1.54, 1.807) is 0 Å². The van der Waals surface area contributed by atoms with E-state index in [0.29, 0.717) is 11.4 Å². The minimum atomic E-state index is 0.0699. The van der Waals surface area contributed by atoms with Crippen molar-refractivity contribution in [1.29, 1.82) is 5.26 Å². The normalized spacial score (nSPS) is 12.0. The lowest BCUT2D eigenvalue weighted by molar-refractivity contribution is 0.195. The fourth-order valence-corrected chi connectivity index (χ4v) is 2.46. The van der Waals surface area contributed by atoms with Crippen molar-refractivity contribution in [2.75, 3.05) is 0 Å². The maximum absolute atomic E-state index is 9.41. The van der Waals surface area contributed by atoms with Crippen LogP contribution in [0.4, 0.5) is 0 Å². The van der Waals surface area contributed by atoms with Gasteiger partial charge in [0.15, 0.2) is 0 Å². The van der Waals surface area contributed by atoms with Crippen LogP contribution in [0.2, 0.25) is 0 Å². The fourth-order valence-electron chi connectivity index (χ4n) is 2.46. The second-order valence-corrected chi connectivity index (χ2v) is 5.40. The SMILES string of the molecule is CCCCCCC(C)Oc1nnc(CC)c(CC)c1C#N. The molecule has 1 atom stereocenters. The Kier molecular flexibility index (Phi) is 7.74. The van der Waals surface area contributed by atoms with Crippen LogP contribution in [0.3, 0.4) is 0 Å². The van der Waals surface area contributed by atoms with E-state index < -0.39 is 0 Å². The minimum absolute atomic E-state index is 0.0699. The molecule has 4 nitrogen and oxygen atoms in total. The molecule has 116 valence electrons. The summed E-state index contributed by atoms with van der Waals surface area (Å²) in [5, 5.41) is 17.7. The molecule has 0 N–H and O–H groups in total. The first-order valence-electron chi connectivity index (χ1n) is 8.12. The van der Waals surface area contributed by atoms with Crippen molar-refractivity contribution in [3.05, 3.63) is 16.8 Å². The van der Waals surface area contributed by atoms with Gasteiger partial charge < -0.3 is 4.74 Å². The smallest absolute Gasteiger partial charge is 0.252 e. The highest BCUT2D eigenvalue weighted by Gasteiger charge is 2.17. The molecule has 1 aromatic heterocycles. The third kappa shape index (κ3) is 5.00. The quantitative estimate of drug-likeness (QED) is 0.639. The lowest BCUT2D eigenvalue weighted by atomic mass is 10.0. The van der Waals surface area contributed by atoms with Crippen molar-refractivity contribution < 1.29 is 4.74 Å². The predicted molar refractivity (Wildman–Crippen MR) is 84.4 cm³/mol. The van der Waals surface area contributed by atoms with E-state index in [-0.39, 0.29) is 6.10 Å². The number of nitrogens with zero attached hydrogens (tertiary/aromatic N) is 3. The standard InChI is InChI=1S/C17H27N3O/c1-5-8-9-10-11-13(4)21-17-15(12-18)14(6-2)16(7-3)19-20-17/h13H,5-11H2,1-4H3. The second-order valence-electron chi connectivity index (χ2n) is 5.40. The van der Waals surface area contributed by atoms with Gasteiger partial charge in [0.1, 0.15) is 11.6 Å². The Balaban J connectivity index is 2.77. The Hall–Kier alpha value is -1.63. The van der Waals surface area contributed by atoms with Gasteiger partial charge in [-0.1, -0.05) is 40.0 Å². The number of hydrogen-bond acceptors (Lipinski definition) is 4. The molecule has 1 rings (SSSR count). The minimum Gasteiger partial charge on any atom is -0.473 e. The average molecular weight is 289 g/mol. The zero-order valence-corrected chi connectivity index (χ0v) is 13.8. The van der Waals surface area contributed by atoms with Gasteiger partial charge in [0.2, 0.25) is 0 Å². The summed E-state index contributed by atoms with van der Waals surface area (Å²) in [6.07, 6.45) is 7.51. The van der Waals surface area contributed by atoms with Crippen molar-refractivity contribution >= 4 is 0 Å². The maximum Gasteiger partial charge on any atom is 0.252 e. The van der Waals surface area contributed by atoms with E-state index in [1.807, 2.05) is 20.8 Å². The predicted octanol–water partition coefficient (Wildman–Crippen LogP) is 4.21. The maximum atomic E-state index is 9.41. The Labute approximate surface area is 128 Å². The van der Waals surface area contributed by atoms with Crippen molar-refractivity contribution in [3.63, 3.8) is 0 Å². The first kappa shape index (κ1) is 17.4. The Morgan fingerprint density at radius 3 is 2.43 bits per heavy atom. The van der Waals surface area contributed by atoms with Crippen LogP contribution in [0, 0.1) is 11.3 Å². The number of aryl methyl sites for hydroxylation is 1. The van der Waals surface area contributed by atoms with E-state index in [9.17, 15) is 5.26 Å². The number of hydrogen-bond donors (Lipinski definition) is 0. The highest BCUT2D eigenvalue weighted by molar-refractivity contribution is 5.46. The summed E-state index contributed by atoms with van der Waals surface area (Å²) in [6, 6.07) is 2.24. The van der Waals surface area contributed by atoms with Gasteiger partial charge in [-0.3, -0.25) is 0 Å². The summed E-state index contributed by atoms with van der Waals surface area (Å²) in [5.41, 5.74) is 2.44. The monoisotopic (exact) mass is 289 g/mol. The molecule has 0 radical (unpaired) electrons. The molecule has 0 saturated carbocycles. The lowest BCUT2D eigenvalue weighted by Gasteiger charge is -2.16. The van der Waals surface area contributed by atoms with Gasteiger partial charge in [-0.15, -0.1) is 5.10 Å². The van der Waals surface area contributed by atoms with Crippen LogP contribution in [-0.4, -0.2) is 16.3 Å². The van der Waals surface area contributed by atoms with Gasteiger partial charge in [0.05, 0.1) is 11.8 Å². The van der Waals surface area contributed by atoms with Crippen molar-refractivity contribution in [2.45, 2.75) is 78.7 Å². The first-order valence-corrected chi connectivity index (χ1v) is 8.12. The molecule has 1 unspecified atom stereocenters. The van der Waals surface area contributed by atoms with Gasteiger partial charge in [0.25, 0.3) is 5.88 Å². The van der Waals surface area contributed by atoms with E-state index in [2.05, 4.69) is 23.2 Å². The summed E-state index contributed by atoms with van der Waals surface area (Å²) in [6.45, 7) is 8.31. The van der Waals surface area contributed by atoms with Crippen LogP contribution >= 0.6 is 0 Å². The first-order chi connectivity index (χ1) is 10.2. The Morgan fingerprint density at radius 1 is 1.10 bits per heavy atom. The largest absolute Gasteiger partial charge is 0.473 e. The average Bonchev–Trinajstić information content (AvgIpc) is 2.50. The topological polar surface area (TPSA) is 58.8 Å². The molecule has 0 saturated heterocycles. The van der Waals surface area contributed by atoms with Crippen LogP contribution < -0.4 is 4.74 Å². The number of rotatable bonds is 9. The van der Waals surface area contributed by atoms with E-state index >= 15 is 0 Å².